The molecule has 1 aliphatic rings. The average molecular weight is 515 g/mol. The molecule has 0 saturated heterocycles. The summed E-state index contributed by atoms with van der Waals surface area (Å²) in [7, 11) is -1.78. The van der Waals surface area contributed by atoms with Crippen molar-refractivity contribution in [1.82, 2.24) is 0 Å². The minimum Gasteiger partial charge on any atom is -0.452 e. The number of hydrogen-bond acceptors (Lipinski definition) is 4. The van der Waals surface area contributed by atoms with Crippen LogP contribution in [-0.2, 0) is 14.3 Å². The molecule has 202 valence electrons. The molecule has 0 aromatic carbocycles. The van der Waals surface area contributed by atoms with Crippen molar-refractivity contribution in [3.63, 3.8) is 0 Å². The van der Waals surface area contributed by atoms with Crippen LogP contribution < -0.4 is 0 Å². The lowest BCUT2D eigenvalue weighted by atomic mass is 9.80. The molecule has 0 radical (unpaired) electrons. The minimum absolute atomic E-state index is 0.0805. The molecule has 0 aliphatic heterocycles. The number of hydrogen-bond donors (Lipinski definition) is 1. The molecular weight excluding hydrogens is 464 g/mol. The van der Waals surface area contributed by atoms with E-state index in [1.165, 1.54) is 23.8 Å². The van der Waals surface area contributed by atoms with Crippen LogP contribution in [0.4, 0.5) is 0 Å². The Bertz CT molecular complexity index is 946. The lowest BCUT2D eigenvalue weighted by molar-refractivity contribution is -0.148. The smallest absolute Gasteiger partial charge is 0.331 e. The number of ether oxygens (including phenoxy) is 1. The summed E-state index contributed by atoms with van der Waals surface area (Å²) in [6.45, 7) is 23.0. The maximum atomic E-state index is 13.4. The maximum Gasteiger partial charge on any atom is 0.331 e. The predicted octanol–water partition coefficient (Wildman–Crippen LogP) is 7.89. The van der Waals surface area contributed by atoms with Gasteiger partial charge in [-0.25, -0.2) is 4.79 Å². The van der Waals surface area contributed by atoms with Gasteiger partial charge in [0.2, 0.25) is 0 Å². The topological polar surface area (TPSA) is 63.6 Å². The molecule has 1 rings (SSSR count). The molecule has 4 nitrogen and oxygen atoms in total. The molecule has 0 spiro atoms. The molecule has 1 N–H and O–H groups in total. The predicted molar refractivity (Wildman–Crippen MR) is 155 cm³/mol. The molecule has 3 atom stereocenters. The Labute approximate surface area is 221 Å². The van der Waals surface area contributed by atoms with Crippen molar-refractivity contribution in [3.8, 4) is 0 Å². The van der Waals surface area contributed by atoms with Gasteiger partial charge in [0.1, 0.15) is 5.60 Å². The molecule has 1 aliphatic carbocycles. The van der Waals surface area contributed by atoms with Crippen LogP contribution in [0, 0.1) is 5.41 Å². The fourth-order valence-corrected chi connectivity index (χ4v) is 5.62. The Morgan fingerprint density at radius 1 is 1.14 bits per heavy atom. The zero-order valence-corrected chi connectivity index (χ0v) is 25.6. The number of rotatable bonds is 7. The van der Waals surface area contributed by atoms with Crippen molar-refractivity contribution in [3.05, 3.63) is 59.3 Å². The minimum atomic E-state index is -1.78. The lowest BCUT2D eigenvalue weighted by Gasteiger charge is -2.37. The van der Waals surface area contributed by atoms with Gasteiger partial charge in [-0.2, -0.15) is 0 Å². The van der Waals surface area contributed by atoms with Crippen molar-refractivity contribution in [2.24, 2.45) is 5.41 Å². The number of aliphatic hydroxyl groups is 1. The van der Waals surface area contributed by atoms with E-state index in [9.17, 15) is 14.7 Å². The molecule has 0 heterocycles. The summed E-state index contributed by atoms with van der Waals surface area (Å²) in [5.41, 5.74) is 1.09. The zero-order valence-electron chi connectivity index (χ0n) is 24.6. The summed E-state index contributed by atoms with van der Waals surface area (Å²) in [5, 5.41) is 11.5. The van der Waals surface area contributed by atoms with Crippen LogP contribution in [0.15, 0.2) is 59.3 Å². The molecule has 5 heteroatoms. The first-order valence-corrected chi connectivity index (χ1v) is 16.3. The average Bonchev–Trinajstić information content (AvgIpc) is 2.71. The number of allylic oxidation sites excluding steroid dienone is 7. The van der Waals surface area contributed by atoms with Crippen LogP contribution in [0.5, 0.6) is 0 Å². The van der Waals surface area contributed by atoms with E-state index in [2.05, 4.69) is 72.9 Å². The Balaban J connectivity index is 3.56. The quantitative estimate of drug-likeness (QED) is 0.162. The summed E-state index contributed by atoms with van der Waals surface area (Å²) in [5.74, 6) is -0.592. The second kappa shape index (κ2) is 12.5. The first kappa shape index (κ1) is 32.0. The van der Waals surface area contributed by atoms with Gasteiger partial charge in [0.25, 0.3) is 0 Å². The van der Waals surface area contributed by atoms with Gasteiger partial charge in [-0.1, -0.05) is 70.2 Å². The highest BCUT2D eigenvalue weighted by atomic mass is 28.3. The van der Waals surface area contributed by atoms with E-state index in [1.54, 1.807) is 13.0 Å². The number of carbonyl (C=O) groups is 2. The van der Waals surface area contributed by atoms with E-state index >= 15 is 0 Å². The highest BCUT2D eigenvalue weighted by Gasteiger charge is 2.37. The summed E-state index contributed by atoms with van der Waals surface area (Å²) < 4.78 is 5.68. The standard InChI is InChI=1S/C31H50O4Si/c1-23(2)13-12-17-30(8)18-14-25(22-36(10,11)29(5,6)7)26(32)15-20-31(9,34)27(16-19-30)35-28(33)21-24(3)4/h13-16,19-21,27,34H,12,17-18,22H2,1-11H3/b19-16?,20-15+,25-14-/t27-,30+,31-/m1/s1. The molecule has 0 saturated carbocycles. The first-order chi connectivity index (χ1) is 16.3. The number of carbonyl (C=O) groups excluding carboxylic acids is 2. The van der Waals surface area contributed by atoms with E-state index in [1.807, 2.05) is 13.8 Å². The molecule has 0 aromatic heterocycles. The Morgan fingerprint density at radius 3 is 2.28 bits per heavy atom. The summed E-state index contributed by atoms with van der Waals surface area (Å²) >= 11 is 0. The van der Waals surface area contributed by atoms with Crippen LogP contribution in [0.25, 0.3) is 0 Å². The summed E-state index contributed by atoms with van der Waals surface area (Å²) in [6, 6.07) is 0.772. The van der Waals surface area contributed by atoms with Gasteiger partial charge in [0.05, 0.1) is 8.07 Å². The second-order valence-electron chi connectivity index (χ2n) is 13.1. The third kappa shape index (κ3) is 10.2. The highest BCUT2D eigenvalue weighted by molar-refractivity contribution is 6.81. The van der Waals surface area contributed by atoms with Crippen molar-refractivity contribution in [2.75, 3.05) is 0 Å². The molecule has 0 aromatic rings. The van der Waals surface area contributed by atoms with E-state index in [4.69, 9.17) is 4.74 Å². The molecular formula is C31H50O4Si. The monoisotopic (exact) mass is 514 g/mol. The van der Waals surface area contributed by atoms with Crippen molar-refractivity contribution in [1.29, 1.82) is 0 Å². The molecule has 0 unspecified atom stereocenters. The van der Waals surface area contributed by atoms with Crippen LogP contribution in [0.1, 0.15) is 81.6 Å². The van der Waals surface area contributed by atoms with E-state index < -0.39 is 25.7 Å². The van der Waals surface area contributed by atoms with Crippen LogP contribution in [0.3, 0.4) is 0 Å². The summed E-state index contributed by atoms with van der Waals surface area (Å²) in [6.07, 6.45) is 14.1. The zero-order chi connectivity index (χ0) is 27.9. The Kier molecular flexibility index (Phi) is 11.1. The second-order valence-corrected chi connectivity index (χ2v) is 18.7. The lowest BCUT2D eigenvalue weighted by Crippen LogP contribution is -2.40. The van der Waals surface area contributed by atoms with Gasteiger partial charge in [-0.3, -0.25) is 4.79 Å². The fourth-order valence-electron chi connectivity index (χ4n) is 3.82. The molecule has 0 fully saturated rings. The summed E-state index contributed by atoms with van der Waals surface area (Å²) in [4.78, 5) is 25.9. The van der Waals surface area contributed by atoms with E-state index in [0.717, 1.165) is 30.0 Å². The van der Waals surface area contributed by atoms with Gasteiger partial charge in [0, 0.05) is 6.08 Å². The van der Waals surface area contributed by atoms with Crippen molar-refractivity contribution < 1.29 is 19.4 Å². The van der Waals surface area contributed by atoms with Crippen molar-refractivity contribution >= 4 is 19.8 Å². The van der Waals surface area contributed by atoms with E-state index in [0.29, 0.717) is 6.42 Å². The van der Waals surface area contributed by atoms with Gasteiger partial charge in [-0.15, -0.1) is 0 Å². The fraction of sp³-hybridized carbons (Fsp3) is 0.613. The Morgan fingerprint density at radius 2 is 1.75 bits per heavy atom. The van der Waals surface area contributed by atoms with Gasteiger partial charge < -0.3 is 9.84 Å². The molecule has 36 heavy (non-hydrogen) atoms. The van der Waals surface area contributed by atoms with Crippen molar-refractivity contribution in [2.45, 2.75) is 117 Å². The van der Waals surface area contributed by atoms with Crippen LogP contribution >= 0.6 is 0 Å². The highest BCUT2D eigenvalue weighted by Crippen LogP contribution is 2.41. The largest absolute Gasteiger partial charge is 0.452 e. The maximum absolute atomic E-state index is 13.4. The number of ketones is 1. The molecule has 0 bridgehead atoms. The van der Waals surface area contributed by atoms with Gasteiger partial charge >= 0.3 is 5.97 Å². The Hall–Kier alpha value is -1.98. The molecule has 0 amide bonds. The van der Waals surface area contributed by atoms with Crippen LogP contribution in [-0.4, -0.2) is 36.6 Å². The first-order valence-electron chi connectivity index (χ1n) is 13.1. The number of esters is 1. The van der Waals surface area contributed by atoms with Gasteiger partial charge in [-0.05, 0) is 94.2 Å². The normalized spacial score (nSPS) is 27.8. The SMILES string of the molecule is CC(C)=CCC[C@]1(C)C=C[C@@H](OC(=O)C=C(C)C)[C@](C)(O)/C=C/C(=O)/C(C[Si](C)(C)C(C)(C)C)=C\C1. The third-order valence-electron chi connectivity index (χ3n) is 7.53. The van der Waals surface area contributed by atoms with Crippen LogP contribution in [0.2, 0.25) is 24.2 Å². The van der Waals surface area contributed by atoms with E-state index in [-0.39, 0.29) is 16.2 Å². The van der Waals surface area contributed by atoms with Gasteiger partial charge in [0.15, 0.2) is 11.9 Å². The third-order valence-corrected chi connectivity index (χ3v) is 12.9.